The maximum atomic E-state index is 10.8. The number of carbonyl (C=O) groups is 1. The molecule has 4 nitrogen and oxygen atoms in total. The van der Waals surface area contributed by atoms with Crippen molar-refractivity contribution in [1.82, 2.24) is 5.32 Å². The van der Waals surface area contributed by atoms with E-state index in [0.29, 0.717) is 0 Å². The quantitative estimate of drug-likeness (QED) is 0.401. The highest BCUT2D eigenvalue weighted by Crippen LogP contribution is 1.88. The van der Waals surface area contributed by atoms with E-state index in [2.05, 4.69) is 15.3 Å². The number of nitrogens with zero attached hydrogens (tertiary/aromatic N) is 1. The Hall–Kier alpha value is -1.06. The summed E-state index contributed by atoms with van der Waals surface area (Å²) in [7, 11) is 0. The van der Waals surface area contributed by atoms with Crippen LogP contribution in [0.1, 0.15) is 34.1 Å². The summed E-state index contributed by atoms with van der Waals surface area (Å²) >= 11 is 0. The van der Waals surface area contributed by atoms with Crippen LogP contribution in [0.2, 0.25) is 0 Å². The van der Waals surface area contributed by atoms with Gasteiger partial charge in [0.15, 0.2) is 0 Å². The average Bonchev–Trinajstić information content (AvgIpc) is 1.99. The zero-order valence-corrected chi connectivity index (χ0v) is 8.05. The molecule has 0 aliphatic heterocycles. The topological polar surface area (TPSA) is 50.7 Å². The molecule has 0 heterocycles. The molecular formula is C8H16N2O2. The van der Waals surface area contributed by atoms with Gasteiger partial charge < -0.3 is 5.32 Å². The van der Waals surface area contributed by atoms with Crippen LogP contribution in [-0.4, -0.2) is 17.8 Å². The van der Waals surface area contributed by atoms with Gasteiger partial charge in [-0.1, -0.05) is 12.1 Å². The summed E-state index contributed by atoms with van der Waals surface area (Å²) in [4.78, 5) is 15.4. The molecule has 1 N–H and O–H groups in total. The van der Waals surface area contributed by atoms with Gasteiger partial charge in [-0.2, -0.15) is 0 Å². The number of carbonyl (C=O) groups excluding carboxylic acids is 1. The second kappa shape index (κ2) is 5.57. The molecule has 0 aromatic carbocycles. The minimum absolute atomic E-state index is 0.0784. The summed E-state index contributed by atoms with van der Waals surface area (Å²) < 4.78 is 0. The van der Waals surface area contributed by atoms with Gasteiger partial charge >= 0.3 is 6.09 Å². The van der Waals surface area contributed by atoms with Gasteiger partial charge in [-0.25, -0.2) is 4.79 Å². The minimum Gasteiger partial charge on any atom is -0.317 e. The molecule has 0 rings (SSSR count). The molecule has 0 spiro atoms. The van der Waals surface area contributed by atoms with Crippen molar-refractivity contribution >= 4 is 11.8 Å². The van der Waals surface area contributed by atoms with Crippen LogP contribution in [0.4, 0.5) is 4.79 Å². The first-order chi connectivity index (χ1) is 5.56. The van der Waals surface area contributed by atoms with E-state index in [4.69, 9.17) is 0 Å². The van der Waals surface area contributed by atoms with Gasteiger partial charge in [0.25, 0.3) is 0 Å². The Bertz CT molecular complexity index is 176. The maximum Gasteiger partial charge on any atom is 0.433 e. The first-order valence-electron chi connectivity index (χ1n) is 4.07. The molecule has 0 atom stereocenters. The largest absolute Gasteiger partial charge is 0.433 e. The molecule has 0 aliphatic carbocycles. The van der Waals surface area contributed by atoms with Crippen LogP contribution in [0.3, 0.4) is 0 Å². The Labute approximate surface area is 73.0 Å². The summed E-state index contributed by atoms with van der Waals surface area (Å²) in [6.07, 6.45) is 0.285. The summed E-state index contributed by atoms with van der Waals surface area (Å²) in [6, 6.07) is 0.0784. The number of oxime groups is 1. The van der Waals surface area contributed by atoms with Gasteiger partial charge in [-0.3, -0.25) is 4.84 Å². The summed E-state index contributed by atoms with van der Waals surface area (Å²) in [5, 5.41) is 6.15. The van der Waals surface area contributed by atoms with Crippen molar-refractivity contribution in [3.63, 3.8) is 0 Å². The van der Waals surface area contributed by atoms with Crippen molar-refractivity contribution in [1.29, 1.82) is 0 Å². The highest BCUT2D eigenvalue weighted by Gasteiger charge is 2.02. The predicted molar refractivity (Wildman–Crippen MR) is 48.2 cm³/mol. The van der Waals surface area contributed by atoms with Crippen molar-refractivity contribution < 1.29 is 9.63 Å². The molecule has 0 aromatic rings. The van der Waals surface area contributed by atoms with Gasteiger partial charge in [-0.05, 0) is 27.2 Å². The summed E-state index contributed by atoms with van der Waals surface area (Å²) in [5.41, 5.74) is 0.800. The van der Waals surface area contributed by atoms with E-state index in [-0.39, 0.29) is 6.04 Å². The average molecular weight is 172 g/mol. The molecule has 0 radical (unpaired) electrons. The fraction of sp³-hybridized carbons (Fsp3) is 0.750. The van der Waals surface area contributed by atoms with Crippen LogP contribution >= 0.6 is 0 Å². The first kappa shape index (κ1) is 10.9. The predicted octanol–water partition coefficient (Wildman–Crippen LogP) is 1.91. The Balaban J connectivity index is 3.71. The lowest BCUT2D eigenvalue weighted by Gasteiger charge is -2.04. The highest BCUT2D eigenvalue weighted by molar-refractivity contribution is 5.81. The molecule has 4 heteroatoms. The third kappa shape index (κ3) is 5.70. The molecule has 0 saturated carbocycles. The number of hydrogen-bond acceptors (Lipinski definition) is 3. The van der Waals surface area contributed by atoms with Crippen LogP contribution in [0.15, 0.2) is 5.16 Å². The second-order valence-corrected chi connectivity index (χ2v) is 2.86. The molecule has 70 valence electrons. The molecular weight excluding hydrogens is 156 g/mol. The van der Waals surface area contributed by atoms with E-state index < -0.39 is 6.09 Å². The number of rotatable bonds is 3. The van der Waals surface area contributed by atoms with E-state index in [1.807, 2.05) is 27.7 Å². The van der Waals surface area contributed by atoms with Gasteiger partial charge in [0.05, 0.1) is 5.71 Å². The lowest BCUT2D eigenvalue weighted by molar-refractivity contribution is 0.147. The van der Waals surface area contributed by atoms with Gasteiger partial charge in [0.1, 0.15) is 0 Å². The monoisotopic (exact) mass is 172 g/mol. The summed E-state index contributed by atoms with van der Waals surface area (Å²) in [5.74, 6) is 0. The second-order valence-electron chi connectivity index (χ2n) is 2.86. The maximum absolute atomic E-state index is 10.8. The smallest absolute Gasteiger partial charge is 0.317 e. The van der Waals surface area contributed by atoms with E-state index in [1.54, 1.807) is 0 Å². The van der Waals surface area contributed by atoms with E-state index in [0.717, 1.165) is 12.1 Å². The van der Waals surface area contributed by atoms with Crippen LogP contribution in [-0.2, 0) is 4.84 Å². The molecule has 0 saturated heterocycles. The number of amides is 1. The molecule has 0 bridgehead atoms. The Morgan fingerprint density at radius 2 is 2.17 bits per heavy atom. The lowest BCUT2D eigenvalue weighted by atomic mass is 10.3. The van der Waals surface area contributed by atoms with Crippen molar-refractivity contribution in [2.45, 2.75) is 40.2 Å². The van der Waals surface area contributed by atoms with E-state index >= 15 is 0 Å². The van der Waals surface area contributed by atoms with E-state index in [9.17, 15) is 4.79 Å². The highest BCUT2D eigenvalue weighted by atomic mass is 16.7. The molecule has 1 amide bonds. The van der Waals surface area contributed by atoms with Crippen molar-refractivity contribution in [2.75, 3.05) is 0 Å². The zero-order valence-electron chi connectivity index (χ0n) is 8.05. The van der Waals surface area contributed by atoms with Crippen LogP contribution in [0.5, 0.6) is 0 Å². The molecule has 0 aliphatic rings. The molecule has 0 aromatic heterocycles. The Kier molecular flexibility index (Phi) is 5.08. The number of hydrogen-bond donors (Lipinski definition) is 1. The Morgan fingerprint density at radius 1 is 1.58 bits per heavy atom. The third-order valence-corrected chi connectivity index (χ3v) is 1.20. The van der Waals surface area contributed by atoms with Crippen LogP contribution < -0.4 is 5.32 Å². The summed E-state index contributed by atoms with van der Waals surface area (Å²) in [6.45, 7) is 7.47. The fourth-order valence-corrected chi connectivity index (χ4v) is 0.446. The first-order valence-corrected chi connectivity index (χ1v) is 4.07. The lowest BCUT2D eigenvalue weighted by Crippen LogP contribution is -2.29. The van der Waals surface area contributed by atoms with Crippen LogP contribution in [0.25, 0.3) is 0 Å². The Morgan fingerprint density at radius 3 is 2.58 bits per heavy atom. The zero-order chi connectivity index (χ0) is 9.56. The van der Waals surface area contributed by atoms with Gasteiger partial charge in [0.2, 0.25) is 0 Å². The third-order valence-electron chi connectivity index (χ3n) is 1.20. The van der Waals surface area contributed by atoms with Crippen molar-refractivity contribution in [3.8, 4) is 0 Å². The fourth-order valence-electron chi connectivity index (χ4n) is 0.446. The van der Waals surface area contributed by atoms with Crippen molar-refractivity contribution in [2.24, 2.45) is 5.16 Å². The molecule has 0 unspecified atom stereocenters. The minimum atomic E-state index is -0.502. The SMILES string of the molecule is CCC(C)=NOC(=O)NC(C)C. The molecule has 0 fully saturated rings. The number of nitrogens with one attached hydrogen (secondary N) is 1. The van der Waals surface area contributed by atoms with Crippen molar-refractivity contribution in [3.05, 3.63) is 0 Å². The van der Waals surface area contributed by atoms with Gasteiger partial charge in [-0.15, -0.1) is 0 Å². The van der Waals surface area contributed by atoms with E-state index in [1.165, 1.54) is 0 Å². The van der Waals surface area contributed by atoms with Crippen LogP contribution in [0, 0.1) is 0 Å². The molecule has 12 heavy (non-hydrogen) atoms. The normalized spacial score (nSPS) is 11.6. The standard InChI is InChI=1S/C8H16N2O2/c1-5-7(4)10-12-8(11)9-6(2)3/h6H,5H2,1-4H3,(H,9,11). The van der Waals surface area contributed by atoms with Gasteiger partial charge in [0, 0.05) is 6.04 Å².